The van der Waals surface area contributed by atoms with Gasteiger partial charge in [-0.3, -0.25) is 0 Å². The first-order valence-electron chi connectivity index (χ1n) is 7.98. The molecule has 1 aliphatic heterocycles. The third kappa shape index (κ3) is 2.43. The van der Waals surface area contributed by atoms with Crippen LogP contribution in [-0.4, -0.2) is 35.6 Å². The van der Waals surface area contributed by atoms with E-state index in [2.05, 4.69) is 15.2 Å². The van der Waals surface area contributed by atoms with E-state index in [-0.39, 0.29) is 18.1 Å². The van der Waals surface area contributed by atoms with Crippen molar-refractivity contribution >= 4 is 0 Å². The van der Waals surface area contributed by atoms with Crippen LogP contribution in [0.1, 0.15) is 45.4 Å². The number of aliphatic hydroxyl groups is 1. The van der Waals surface area contributed by atoms with Crippen molar-refractivity contribution in [2.24, 2.45) is 5.92 Å². The van der Waals surface area contributed by atoms with Gasteiger partial charge in [-0.25, -0.2) is 4.98 Å². The summed E-state index contributed by atoms with van der Waals surface area (Å²) in [5.41, 5.74) is -3.09. The van der Waals surface area contributed by atoms with Gasteiger partial charge in [-0.1, -0.05) is 13.8 Å². The molecule has 0 amide bonds. The van der Waals surface area contributed by atoms with Gasteiger partial charge < -0.3 is 14.2 Å². The van der Waals surface area contributed by atoms with Gasteiger partial charge in [0.25, 0.3) is 0 Å². The van der Waals surface area contributed by atoms with Crippen molar-refractivity contribution in [3.8, 4) is 11.5 Å². The van der Waals surface area contributed by atoms with Gasteiger partial charge in [-0.2, -0.15) is 22.0 Å². The molecule has 0 aliphatic carbocycles. The van der Waals surface area contributed by atoms with Crippen molar-refractivity contribution in [1.29, 1.82) is 0 Å². The molecule has 1 N–H and O–H groups in total. The normalized spacial score (nSPS) is 20.0. The molecule has 0 fully saturated rings. The molecule has 2 aromatic heterocycles. The van der Waals surface area contributed by atoms with E-state index >= 15 is 0 Å². The fourth-order valence-electron chi connectivity index (χ4n) is 2.98. The highest BCUT2D eigenvalue weighted by atomic mass is 19.4. The Morgan fingerprint density at radius 3 is 2.31 bits per heavy atom. The molecule has 3 rings (SSSR count). The van der Waals surface area contributed by atoms with E-state index in [0.717, 1.165) is 6.20 Å². The van der Waals surface area contributed by atoms with Gasteiger partial charge in [0.15, 0.2) is 11.6 Å². The molecule has 2 aromatic rings. The minimum Gasteiger partial charge on any atom is -0.374 e. The topological polar surface area (TPSA) is 68.8 Å². The van der Waals surface area contributed by atoms with E-state index in [0.29, 0.717) is 6.92 Å². The Morgan fingerprint density at radius 2 is 1.77 bits per heavy atom. The maximum atomic E-state index is 14.4. The molecule has 0 spiro atoms. The zero-order valence-electron chi connectivity index (χ0n) is 14.5. The Labute approximate surface area is 145 Å². The molecule has 0 aromatic carbocycles. The van der Waals surface area contributed by atoms with Gasteiger partial charge in [0, 0.05) is 12.5 Å². The molecule has 3 heterocycles. The van der Waals surface area contributed by atoms with Gasteiger partial charge in [0.05, 0.1) is 12.2 Å². The number of halogens is 5. The van der Waals surface area contributed by atoms with Crippen LogP contribution in [0.5, 0.6) is 0 Å². The molecule has 0 radical (unpaired) electrons. The fourth-order valence-corrected chi connectivity index (χ4v) is 2.98. The Balaban J connectivity index is 2.17. The Bertz CT molecular complexity index is 836. The first kappa shape index (κ1) is 18.7. The number of hydrogen-bond acceptors (Lipinski definition) is 4. The maximum absolute atomic E-state index is 14.4. The van der Waals surface area contributed by atoms with Crippen molar-refractivity contribution in [2.75, 3.05) is 0 Å². The molecular weight excluding hydrogens is 361 g/mol. The number of nitrogens with zero attached hydrogens (tertiary/aromatic N) is 5. The van der Waals surface area contributed by atoms with Crippen molar-refractivity contribution in [1.82, 2.24) is 24.3 Å². The number of hydrogen-bond donors (Lipinski definition) is 1. The molecule has 0 saturated heterocycles. The smallest absolute Gasteiger partial charge is 0.374 e. The van der Waals surface area contributed by atoms with Crippen LogP contribution in [0.25, 0.3) is 11.5 Å². The summed E-state index contributed by atoms with van der Waals surface area (Å²) in [4.78, 5) is 3.72. The predicted octanol–water partition coefficient (Wildman–Crippen LogP) is 3.23. The second-order valence-electron chi connectivity index (χ2n) is 6.99. The SMILES string of the molecule is CC(C)C(F)(F)c1nnc2n1C[C@H](C)n1c-2cnc1[C@@](C)(O)C(F)(F)F. The predicted molar refractivity (Wildman–Crippen MR) is 80.3 cm³/mol. The van der Waals surface area contributed by atoms with Gasteiger partial charge in [0.1, 0.15) is 5.69 Å². The summed E-state index contributed by atoms with van der Waals surface area (Å²) in [6, 6.07) is -0.665. The summed E-state index contributed by atoms with van der Waals surface area (Å²) in [6.45, 7) is 4.78. The van der Waals surface area contributed by atoms with Crippen LogP contribution >= 0.6 is 0 Å². The zero-order chi connectivity index (χ0) is 19.7. The summed E-state index contributed by atoms with van der Waals surface area (Å²) in [5, 5.41) is 17.3. The second kappa shape index (κ2) is 5.48. The van der Waals surface area contributed by atoms with E-state index in [9.17, 15) is 27.1 Å². The molecule has 0 saturated carbocycles. The van der Waals surface area contributed by atoms with E-state index in [4.69, 9.17) is 0 Å². The number of fused-ring (bicyclic) bond motifs is 3. The van der Waals surface area contributed by atoms with E-state index in [1.165, 1.54) is 23.0 Å². The van der Waals surface area contributed by atoms with Crippen molar-refractivity contribution in [3.05, 3.63) is 17.8 Å². The van der Waals surface area contributed by atoms with Crippen LogP contribution in [0.3, 0.4) is 0 Å². The Morgan fingerprint density at radius 1 is 1.15 bits per heavy atom. The lowest BCUT2D eigenvalue weighted by molar-refractivity contribution is -0.262. The van der Waals surface area contributed by atoms with Crippen LogP contribution in [0.2, 0.25) is 0 Å². The molecule has 11 heteroatoms. The molecular formula is C15H18F5N5O. The van der Waals surface area contributed by atoms with E-state index in [1.807, 2.05) is 0 Å². The van der Waals surface area contributed by atoms with Crippen LogP contribution in [0, 0.1) is 5.92 Å². The number of alkyl halides is 5. The van der Waals surface area contributed by atoms with E-state index < -0.39 is 41.3 Å². The lowest BCUT2D eigenvalue weighted by atomic mass is 10.0. The van der Waals surface area contributed by atoms with Crippen molar-refractivity contribution < 1.29 is 27.1 Å². The number of rotatable bonds is 3. The number of aromatic nitrogens is 5. The first-order chi connectivity index (χ1) is 11.8. The molecule has 0 bridgehead atoms. The molecule has 144 valence electrons. The van der Waals surface area contributed by atoms with Gasteiger partial charge in [-0.05, 0) is 13.8 Å². The monoisotopic (exact) mass is 379 g/mol. The minimum absolute atomic E-state index is 0.00449. The zero-order valence-corrected chi connectivity index (χ0v) is 14.5. The van der Waals surface area contributed by atoms with Crippen LogP contribution in [0.4, 0.5) is 22.0 Å². The molecule has 0 unspecified atom stereocenters. The third-order valence-electron chi connectivity index (χ3n) is 4.67. The van der Waals surface area contributed by atoms with Gasteiger partial charge in [-0.15, -0.1) is 10.2 Å². The van der Waals surface area contributed by atoms with Crippen LogP contribution < -0.4 is 0 Å². The molecule has 1 aliphatic rings. The van der Waals surface area contributed by atoms with Gasteiger partial charge in [0.2, 0.25) is 11.4 Å². The molecule has 26 heavy (non-hydrogen) atoms. The summed E-state index contributed by atoms with van der Waals surface area (Å²) in [6.07, 6.45) is -3.86. The average molecular weight is 379 g/mol. The second-order valence-corrected chi connectivity index (χ2v) is 6.99. The highest BCUT2D eigenvalue weighted by Gasteiger charge is 2.55. The third-order valence-corrected chi connectivity index (χ3v) is 4.67. The van der Waals surface area contributed by atoms with Gasteiger partial charge >= 0.3 is 12.1 Å². The van der Waals surface area contributed by atoms with Crippen LogP contribution in [-0.2, 0) is 18.1 Å². The van der Waals surface area contributed by atoms with Crippen molar-refractivity contribution in [3.63, 3.8) is 0 Å². The Kier molecular flexibility index (Phi) is 3.95. The lowest BCUT2D eigenvalue weighted by Crippen LogP contribution is -2.43. The first-order valence-corrected chi connectivity index (χ1v) is 7.98. The van der Waals surface area contributed by atoms with Crippen molar-refractivity contribution in [2.45, 2.75) is 58.0 Å². The highest BCUT2D eigenvalue weighted by Crippen LogP contribution is 2.43. The summed E-state index contributed by atoms with van der Waals surface area (Å²) in [7, 11) is 0. The highest BCUT2D eigenvalue weighted by molar-refractivity contribution is 5.52. The summed E-state index contributed by atoms with van der Waals surface area (Å²) in [5.74, 6) is -5.42. The van der Waals surface area contributed by atoms with Crippen LogP contribution in [0.15, 0.2) is 6.20 Å². The minimum atomic E-state index is -4.95. The van der Waals surface area contributed by atoms with E-state index in [1.54, 1.807) is 6.92 Å². The quantitative estimate of drug-likeness (QED) is 0.832. The average Bonchev–Trinajstić information content (AvgIpc) is 3.09. The summed E-state index contributed by atoms with van der Waals surface area (Å²) < 4.78 is 70.8. The largest absolute Gasteiger partial charge is 0.424 e. The number of imidazole rings is 1. The fraction of sp³-hybridized carbons (Fsp3) is 0.667. The maximum Gasteiger partial charge on any atom is 0.424 e. The Hall–Kier alpha value is -2.04. The molecule has 6 nitrogen and oxygen atoms in total. The standard InChI is InChI=1S/C15H18F5N5O/c1-7(2)14(16,17)12-23-22-10-9-5-21-11(13(4,26)15(18,19)20)25(9)8(3)6-24(10)12/h5,7-8,26H,6H2,1-4H3/t8-,13+/m0/s1. The molecule has 2 atom stereocenters. The summed E-state index contributed by atoms with van der Waals surface area (Å²) >= 11 is 0. The lowest BCUT2D eigenvalue weighted by Gasteiger charge is -2.32.